The molecule has 0 aliphatic carbocycles. The van der Waals surface area contributed by atoms with Gasteiger partial charge in [0.15, 0.2) is 0 Å². The number of benzene rings is 1. The average Bonchev–Trinajstić information content (AvgIpc) is 2.54. The van der Waals surface area contributed by atoms with Crippen LogP contribution in [0, 0.1) is 0 Å². The number of hydrogen-bond acceptors (Lipinski definition) is 1. The predicted molar refractivity (Wildman–Crippen MR) is 73.4 cm³/mol. The third kappa shape index (κ3) is 3.88. The topological polar surface area (TPSA) is 24.8 Å². The summed E-state index contributed by atoms with van der Waals surface area (Å²) in [5.41, 5.74) is 0.964. The summed E-state index contributed by atoms with van der Waals surface area (Å²) in [6.45, 7) is 0.260. The Morgan fingerprint density at radius 1 is 0.960 bits per heavy atom. The number of carbonyl (C=O) groups is 1. The summed E-state index contributed by atoms with van der Waals surface area (Å²) in [6, 6.07) is 9.14. The molecule has 1 heterocycles. The van der Waals surface area contributed by atoms with E-state index in [9.17, 15) is 35.5 Å². The molecule has 1 fully saturated rings. The molecule has 1 aliphatic heterocycles. The number of piperazine rings is 1. The van der Waals surface area contributed by atoms with E-state index in [-0.39, 0.29) is 26.2 Å². The molecule has 10 heteroatoms. The molecule has 1 aromatic rings. The molecule has 0 saturated carbocycles. The first-order chi connectivity index (χ1) is 11.5. The van der Waals surface area contributed by atoms with Gasteiger partial charge in [-0.2, -0.15) is 30.7 Å². The van der Waals surface area contributed by atoms with Gasteiger partial charge in [-0.05, 0) is 0 Å². The van der Waals surface area contributed by atoms with E-state index in [1.165, 1.54) is 0 Å². The molecular weight excluding hydrogens is 357 g/mol. The molecule has 0 bridgehead atoms. The van der Waals surface area contributed by atoms with Crippen molar-refractivity contribution in [3.63, 3.8) is 0 Å². The smallest absolute Gasteiger partial charge is 0.328 e. The van der Waals surface area contributed by atoms with Gasteiger partial charge in [0.2, 0.25) is 0 Å². The fourth-order valence-electron chi connectivity index (χ4n) is 2.60. The Kier molecular flexibility index (Phi) is 5.31. The largest absolute Gasteiger partial charge is 0.460 e. The zero-order valence-corrected chi connectivity index (χ0v) is 12.9. The molecule has 1 saturated heterocycles. The number of nitrogens with one attached hydrogen (secondary N) is 1. The van der Waals surface area contributed by atoms with Crippen LogP contribution in [-0.4, -0.2) is 55.0 Å². The highest BCUT2D eigenvalue weighted by molar-refractivity contribution is 5.85. The van der Waals surface area contributed by atoms with E-state index in [0.29, 0.717) is 11.4 Å². The maximum absolute atomic E-state index is 13.5. The highest BCUT2D eigenvalue weighted by atomic mass is 19.4. The van der Waals surface area contributed by atoms with Crippen LogP contribution in [0.4, 0.5) is 30.7 Å². The Labute approximate surface area is 139 Å². The standard InChI is InChI=1S/C15H15F7N2O/c16-13(17,14(18,19)15(20,21)22)12(25)24-8-6-23(7-9-24)10-11-4-2-1-3-5-11/h1-5H,6-10H2/p+1. The van der Waals surface area contributed by atoms with Crippen LogP contribution >= 0.6 is 0 Å². The van der Waals surface area contributed by atoms with Crippen LogP contribution in [0.3, 0.4) is 0 Å². The Bertz CT molecular complexity index is 596. The lowest BCUT2D eigenvalue weighted by Gasteiger charge is -2.36. The van der Waals surface area contributed by atoms with Gasteiger partial charge in [-0.3, -0.25) is 4.79 Å². The molecule has 0 radical (unpaired) electrons. The van der Waals surface area contributed by atoms with Crippen LogP contribution in [0.1, 0.15) is 5.56 Å². The number of halogens is 7. The molecule has 1 amide bonds. The quantitative estimate of drug-likeness (QED) is 0.800. The third-order valence-corrected chi connectivity index (χ3v) is 4.07. The summed E-state index contributed by atoms with van der Waals surface area (Å²) in [6.07, 6.45) is -6.51. The number of alkyl halides is 7. The van der Waals surface area contributed by atoms with E-state index in [2.05, 4.69) is 0 Å². The summed E-state index contributed by atoms with van der Waals surface area (Å²) in [5, 5.41) is 0. The van der Waals surface area contributed by atoms with Crippen molar-refractivity contribution in [2.24, 2.45) is 0 Å². The van der Waals surface area contributed by atoms with Crippen molar-refractivity contribution in [1.29, 1.82) is 0 Å². The number of quaternary nitrogens is 1. The summed E-state index contributed by atoms with van der Waals surface area (Å²) in [4.78, 5) is 12.9. The number of hydrogen-bond donors (Lipinski definition) is 1. The van der Waals surface area contributed by atoms with E-state index in [0.717, 1.165) is 10.5 Å². The van der Waals surface area contributed by atoms with Crippen LogP contribution in [0.15, 0.2) is 30.3 Å². The summed E-state index contributed by atoms with van der Waals surface area (Å²) >= 11 is 0. The van der Waals surface area contributed by atoms with Crippen molar-refractivity contribution in [2.45, 2.75) is 24.6 Å². The van der Waals surface area contributed by atoms with Crippen LogP contribution < -0.4 is 4.90 Å². The monoisotopic (exact) mass is 373 g/mol. The average molecular weight is 373 g/mol. The molecule has 0 spiro atoms. The highest BCUT2D eigenvalue weighted by Crippen LogP contribution is 2.47. The SMILES string of the molecule is O=C(N1CC[NH+](Cc2ccccc2)CC1)C(F)(F)C(F)(F)C(F)(F)F. The van der Waals surface area contributed by atoms with Gasteiger partial charge in [-0.25, -0.2) is 0 Å². The minimum Gasteiger partial charge on any atom is -0.328 e. The van der Waals surface area contributed by atoms with Crippen LogP contribution in [-0.2, 0) is 11.3 Å². The van der Waals surface area contributed by atoms with Gasteiger partial charge in [0.05, 0.1) is 26.2 Å². The molecule has 3 nitrogen and oxygen atoms in total. The van der Waals surface area contributed by atoms with E-state index in [4.69, 9.17) is 0 Å². The first kappa shape index (κ1) is 19.5. The van der Waals surface area contributed by atoms with E-state index < -0.39 is 23.9 Å². The fraction of sp³-hybridized carbons (Fsp3) is 0.533. The lowest BCUT2D eigenvalue weighted by molar-refractivity contribution is -0.917. The number of rotatable bonds is 4. The lowest BCUT2D eigenvalue weighted by Crippen LogP contribution is -3.13. The summed E-state index contributed by atoms with van der Waals surface area (Å²) < 4.78 is 89.3. The van der Waals surface area contributed by atoms with Gasteiger partial charge >= 0.3 is 18.0 Å². The first-order valence-corrected chi connectivity index (χ1v) is 7.46. The minimum atomic E-state index is -6.51. The van der Waals surface area contributed by atoms with Crippen molar-refractivity contribution in [3.05, 3.63) is 35.9 Å². The molecule has 140 valence electrons. The molecule has 25 heavy (non-hydrogen) atoms. The number of carbonyl (C=O) groups excluding carboxylic acids is 1. The zero-order chi connectivity index (χ0) is 18.9. The maximum atomic E-state index is 13.5. The van der Waals surface area contributed by atoms with Crippen LogP contribution in [0.5, 0.6) is 0 Å². The molecule has 1 N–H and O–H groups in total. The Morgan fingerprint density at radius 3 is 1.96 bits per heavy atom. The lowest BCUT2D eigenvalue weighted by atomic mass is 10.1. The molecule has 1 aromatic carbocycles. The van der Waals surface area contributed by atoms with Gasteiger partial charge in [-0.1, -0.05) is 30.3 Å². The third-order valence-electron chi connectivity index (χ3n) is 4.07. The molecule has 0 aromatic heterocycles. The molecule has 0 atom stereocenters. The second-order valence-electron chi connectivity index (χ2n) is 5.85. The zero-order valence-electron chi connectivity index (χ0n) is 12.9. The first-order valence-electron chi connectivity index (χ1n) is 7.46. The number of nitrogens with zero attached hydrogens (tertiary/aromatic N) is 1. The highest BCUT2D eigenvalue weighted by Gasteiger charge is 2.76. The fourth-order valence-corrected chi connectivity index (χ4v) is 2.60. The van der Waals surface area contributed by atoms with Gasteiger partial charge in [0.25, 0.3) is 5.91 Å². The molecular formula is C15H16F7N2O+. The Hall–Kier alpha value is -1.84. The van der Waals surface area contributed by atoms with E-state index >= 15 is 0 Å². The van der Waals surface area contributed by atoms with Gasteiger partial charge in [0, 0.05) is 5.56 Å². The van der Waals surface area contributed by atoms with Gasteiger partial charge in [0.1, 0.15) is 6.54 Å². The van der Waals surface area contributed by atoms with Crippen LogP contribution in [0.2, 0.25) is 0 Å². The molecule has 2 rings (SSSR count). The predicted octanol–water partition coefficient (Wildman–Crippen LogP) is 1.75. The van der Waals surface area contributed by atoms with Crippen molar-refractivity contribution in [1.82, 2.24) is 4.90 Å². The van der Waals surface area contributed by atoms with Crippen molar-refractivity contribution < 1.29 is 40.4 Å². The van der Waals surface area contributed by atoms with Crippen molar-refractivity contribution in [2.75, 3.05) is 26.2 Å². The molecule has 0 unspecified atom stereocenters. The minimum absolute atomic E-state index is 0.175. The van der Waals surface area contributed by atoms with E-state index in [1.807, 2.05) is 30.3 Å². The van der Waals surface area contributed by atoms with Crippen molar-refractivity contribution in [3.8, 4) is 0 Å². The Morgan fingerprint density at radius 2 is 1.48 bits per heavy atom. The van der Waals surface area contributed by atoms with E-state index in [1.54, 1.807) is 0 Å². The molecule has 1 aliphatic rings. The second kappa shape index (κ2) is 6.81. The Balaban J connectivity index is 1.99. The van der Waals surface area contributed by atoms with Crippen LogP contribution in [0.25, 0.3) is 0 Å². The summed E-state index contributed by atoms with van der Waals surface area (Å²) in [5.74, 6) is -14.7. The van der Waals surface area contributed by atoms with Gasteiger partial charge in [-0.15, -0.1) is 0 Å². The van der Waals surface area contributed by atoms with Gasteiger partial charge < -0.3 is 9.80 Å². The maximum Gasteiger partial charge on any atom is 0.460 e. The summed E-state index contributed by atoms with van der Waals surface area (Å²) in [7, 11) is 0. The second-order valence-corrected chi connectivity index (χ2v) is 5.85. The normalized spacial score (nSPS) is 17.6. The number of amides is 1. The van der Waals surface area contributed by atoms with Crippen molar-refractivity contribution >= 4 is 5.91 Å².